The van der Waals surface area contributed by atoms with E-state index < -0.39 is 0 Å². The van der Waals surface area contributed by atoms with Gasteiger partial charge < -0.3 is 14.5 Å². The van der Waals surface area contributed by atoms with Crippen molar-refractivity contribution in [3.63, 3.8) is 0 Å². The molecule has 4 rings (SSSR count). The van der Waals surface area contributed by atoms with E-state index in [4.69, 9.17) is 9.47 Å². The molecule has 0 aliphatic rings. The van der Waals surface area contributed by atoms with Gasteiger partial charge in [0.05, 0.1) is 26.3 Å². The lowest BCUT2D eigenvalue weighted by Gasteiger charge is -2.30. The van der Waals surface area contributed by atoms with Crippen LogP contribution >= 0.6 is 0 Å². The zero-order chi connectivity index (χ0) is 24.8. The van der Waals surface area contributed by atoms with E-state index in [1.807, 2.05) is 49.4 Å². The lowest BCUT2D eigenvalue weighted by atomic mass is 10.1. The van der Waals surface area contributed by atoms with E-state index in [1.165, 1.54) is 0 Å². The molecule has 4 aromatic rings. The molecule has 9 nitrogen and oxygen atoms in total. The summed E-state index contributed by atoms with van der Waals surface area (Å²) in [4.78, 5) is 18.4. The quantitative estimate of drug-likeness (QED) is 0.353. The van der Waals surface area contributed by atoms with Crippen molar-refractivity contribution in [3.05, 3.63) is 81.4 Å². The number of pyridine rings is 1. The predicted octanol–water partition coefficient (Wildman–Crippen LogP) is 3.63. The smallest absolute Gasteiger partial charge is 0.252 e. The number of aromatic nitrogens is 5. The molecule has 0 spiro atoms. The summed E-state index contributed by atoms with van der Waals surface area (Å²) in [5, 5.41) is 13.5. The molecule has 0 fully saturated rings. The third-order valence-electron chi connectivity index (χ3n) is 6.19. The van der Waals surface area contributed by atoms with E-state index in [1.54, 1.807) is 18.9 Å². The highest BCUT2D eigenvalue weighted by Crippen LogP contribution is 2.27. The fraction of sp³-hybridized carbons (Fsp3) is 0.385. The Hall–Kier alpha value is -3.56. The van der Waals surface area contributed by atoms with Crippen LogP contribution < -0.4 is 10.3 Å². The Balaban J connectivity index is 1.71. The molecule has 184 valence electrons. The highest BCUT2D eigenvalue weighted by molar-refractivity contribution is 5.79. The Labute approximate surface area is 204 Å². The Morgan fingerprint density at radius 3 is 2.60 bits per heavy atom. The SMILES string of the molecule is CC[C@@H](c1nnnn1CCOC)N(Cc1ccc(OC)cc1)Cc1cc2ccc(C)cc2[nH]c1=O. The lowest BCUT2D eigenvalue weighted by molar-refractivity contribution is 0.151. The monoisotopic (exact) mass is 476 g/mol. The zero-order valence-corrected chi connectivity index (χ0v) is 20.7. The Kier molecular flexibility index (Phi) is 7.89. The van der Waals surface area contributed by atoms with E-state index in [-0.39, 0.29) is 11.6 Å². The van der Waals surface area contributed by atoms with Crippen LogP contribution in [0.4, 0.5) is 0 Å². The molecular formula is C26H32N6O3. The third kappa shape index (κ3) is 5.75. The normalized spacial score (nSPS) is 12.4. The van der Waals surface area contributed by atoms with Gasteiger partial charge in [-0.3, -0.25) is 9.69 Å². The molecule has 2 aromatic carbocycles. The molecule has 0 unspecified atom stereocenters. The molecule has 2 heterocycles. The minimum absolute atomic E-state index is 0.0864. The van der Waals surface area contributed by atoms with Crippen LogP contribution in [0.25, 0.3) is 10.9 Å². The first-order chi connectivity index (χ1) is 17.0. The Morgan fingerprint density at radius 1 is 1.09 bits per heavy atom. The number of nitrogens with zero attached hydrogens (tertiary/aromatic N) is 5. The number of tetrazole rings is 1. The van der Waals surface area contributed by atoms with Gasteiger partial charge in [0.2, 0.25) is 0 Å². The molecule has 0 amide bonds. The van der Waals surface area contributed by atoms with Crippen molar-refractivity contribution in [2.75, 3.05) is 20.8 Å². The van der Waals surface area contributed by atoms with Crippen molar-refractivity contribution < 1.29 is 9.47 Å². The van der Waals surface area contributed by atoms with E-state index in [9.17, 15) is 4.79 Å². The maximum Gasteiger partial charge on any atom is 0.252 e. The number of methoxy groups -OCH3 is 2. The number of nitrogens with one attached hydrogen (secondary N) is 1. The van der Waals surface area contributed by atoms with Gasteiger partial charge >= 0.3 is 0 Å². The van der Waals surface area contributed by atoms with Gasteiger partial charge in [-0.2, -0.15) is 0 Å². The number of ether oxygens (including phenoxy) is 2. The predicted molar refractivity (Wildman–Crippen MR) is 134 cm³/mol. The molecule has 0 aliphatic heterocycles. The molecule has 0 saturated carbocycles. The van der Waals surface area contributed by atoms with Crippen LogP contribution in [0.3, 0.4) is 0 Å². The van der Waals surface area contributed by atoms with Crippen molar-refractivity contribution in [3.8, 4) is 5.75 Å². The topological polar surface area (TPSA) is 98.2 Å². The van der Waals surface area contributed by atoms with Gasteiger partial charge in [-0.15, -0.1) is 5.10 Å². The molecular weight excluding hydrogens is 444 g/mol. The molecule has 2 aromatic heterocycles. The summed E-state index contributed by atoms with van der Waals surface area (Å²) in [6, 6.07) is 15.9. The van der Waals surface area contributed by atoms with Crippen LogP contribution in [-0.2, 0) is 24.4 Å². The molecule has 0 aliphatic carbocycles. The summed E-state index contributed by atoms with van der Waals surface area (Å²) in [5.41, 5.74) is 3.67. The van der Waals surface area contributed by atoms with E-state index in [0.717, 1.165) is 40.0 Å². The first-order valence-corrected chi connectivity index (χ1v) is 11.8. The van der Waals surface area contributed by atoms with Crippen molar-refractivity contribution in [2.24, 2.45) is 0 Å². The maximum atomic E-state index is 13.1. The van der Waals surface area contributed by atoms with Gasteiger partial charge in [0.25, 0.3) is 5.56 Å². The van der Waals surface area contributed by atoms with Crippen LogP contribution in [-0.4, -0.2) is 50.9 Å². The Bertz CT molecular complexity index is 1310. The molecule has 0 radical (unpaired) electrons. The van der Waals surface area contributed by atoms with Gasteiger partial charge in [0.15, 0.2) is 5.82 Å². The van der Waals surface area contributed by atoms with E-state index >= 15 is 0 Å². The number of fused-ring (bicyclic) bond motifs is 1. The highest BCUT2D eigenvalue weighted by Gasteiger charge is 2.26. The summed E-state index contributed by atoms with van der Waals surface area (Å²) >= 11 is 0. The minimum atomic E-state index is -0.0999. The fourth-order valence-electron chi connectivity index (χ4n) is 4.33. The molecule has 1 N–H and O–H groups in total. The number of aromatic amines is 1. The summed E-state index contributed by atoms with van der Waals surface area (Å²) < 4.78 is 12.3. The minimum Gasteiger partial charge on any atom is -0.497 e. The van der Waals surface area contributed by atoms with Crippen LogP contribution in [0.1, 0.15) is 41.9 Å². The first kappa shape index (κ1) is 24.6. The second kappa shape index (κ2) is 11.2. The summed E-state index contributed by atoms with van der Waals surface area (Å²) in [7, 11) is 3.31. The lowest BCUT2D eigenvalue weighted by Crippen LogP contribution is -2.32. The summed E-state index contributed by atoms with van der Waals surface area (Å²) in [6.45, 7) is 6.25. The van der Waals surface area contributed by atoms with Gasteiger partial charge in [-0.25, -0.2) is 4.68 Å². The van der Waals surface area contributed by atoms with E-state index in [0.29, 0.717) is 31.8 Å². The largest absolute Gasteiger partial charge is 0.497 e. The van der Waals surface area contributed by atoms with Crippen LogP contribution in [0.5, 0.6) is 5.75 Å². The average Bonchev–Trinajstić information content (AvgIpc) is 3.32. The first-order valence-electron chi connectivity index (χ1n) is 11.8. The van der Waals surface area contributed by atoms with Crippen molar-refractivity contribution in [2.45, 2.75) is 45.9 Å². The molecule has 1 atom stereocenters. The van der Waals surface area contributed by atoms with Crippen molar-refractivity contribution in [1.29, 1.82) is 0 Å². The number of hydrogen-bond donors (Lipinski definition) is 1. The second-order valence-corrected chi connectivity index (χ2v) is 8.64. The van der Waals surface area contributed by atoms with Gasteiger partial charge in [-0.05, 0) is 64.5 Å². The molecule has 0 saturated heterocycles. The number of benzene rings is 2. The zero-order valence-electron chi connectivity index (χ0n) is 20.7. The number of rotatable bonds is 11. The maximum absolute atomic E-state index is 13.1. The Morgan fingerprint density at radius 2 is 1.89 bits per heavy atom. The highest BCUT2D eigenvalue weighted by atomic mass is 16.5. The number of H-pyrrole nitrogens is 1. The third-order valence-corrected chi connectivity index (χ3v) is 6.19. The summed E-state index contributed by atoms with van der Waals surface area (Å²) in [6.07, 6.45) is 0.772. The van der Waals surface area contributed by atoms with Gasteiger partial charge in [0, 0.05) is 31.3 Å². The molecule has 35 heavy (non-hydrogen) atoms. The van der Waals surface area contributed by atoms with Crippen molar-refractivity contribution >= 4 is 10.9 Å². The van der Waals surface area contributed by atoms with Crippen LogP contribution in [0.15, 0.2) is 53.3 Å². The molecule has 0 bridgehead atoms. The standard InChI is InChI=1S/C26H32N6O3/c1-5-24(25-28-29-30-32(25)12-13-34-3)31(16-19-7-10-22(35-4)11-8-19)17-21-15-20-9-6-18(2)14-23(20)27-26(21)33/h6-11,14-15,24H,5,12-13,16-17H2,1-4H3,(H,27,33)/t24-/m0/s1. The summed E-state index contributed by atoms with van der Waals surface area (Å²) in [5.74, 6) is 1.56. The fourth-order valence-corrected chi connectivity index (χ4v) is 4.33. The van der Waals surface area contributed by atoms with Crippen molar-refractivity contribution in [1.82, 2.24) is 30.1 Å². The van der Waals surface area contributed by atoms with Gasteiger partial charge in [0.1, 0.15) is 5.75 Å². The van der Waals surface area contributed by atoms with Crippen LogP contribution in [0, 0.1) is 6.92 Å². The average molecular weight is 477 g/mol. The van der Waals surface area contributed by atoms with Gasteiger partial charge in [-0.1, -0.05) is 31.2 Å². The second-order valence-electron chi connectivity index (χ2n) is 8.64. The molecule has 9 heteroatoms. The number of aryl methyl sites for hydroxylation is 1. The van der Waals surface area contributed by atoms with E-state index in [2.05, 4.69) is 38.4 Å². The van der Waals surface area contributed by atoms with Crippen LogP contribution in [0.2, 0.25) is 0 Å². The number of hydrogen-bond acceptors (Lipinski definition) is 7.